The van der Waals surface area contributed by atoms with Crippen LogP contribution in [0, 0.1) is 0 Å². The van der Waals surface area contributed by atoms with Gasteiger partial charge in [-0.1, -0.05) is 12.1 Å². The van der Waals surface area contributed by atoms with Crippen LogP contribution in [0.25, 0.3) is 11.3 Å². The van der Waals surface area contributed by atoms with Crippen LogP contribution in [0.5, 0.6) is 0 Å². The summed E-state index contributed by atoms with van der Waals surface area (Å²) < 4.78 is 7.78. The minimum Gasteiger partial charge on any atom is -0.384 e. The monoisotopic (exact) mass is 269 g/mol. The van der Waals surface area contributed by atoms with Crippen molar-refractivity contribution in [3.05, 3.63) is 36.0 Å². The fraction of sp³-hybridized carbons (Fsp3) is 0.438. The summed E-state index contributed by atoms with van der Waals surface area (Å²) in [6, 6.07) is 8.52. The Morgan fingerprint density at radius 2 is 2.25 bits per heavy atom. The highest BCUT2D eigenvalue weighted by atomic mass is 16.5. The van der Waals surface area contributed by atoms with Crippen molar-refractivity contribution in [3.8, 4) is 11.3 Å². The minimum absolute atomic E-state index is 0.118. The maximum absolute atomic E-state index is 5.79. The summed E-state index contributed by atoms with van der Waals surface area (Å²) in [6.07, 6.45) is 6.71. The van der Waals surface area contributed by atoms with Crippen LogP contribution in [-0.4, -0.2) is 22.9 Å². The second-order valence-corrected chi connectivity index (χ2v) is 5.51. The average Bonchev–Trinajstić information content (AvgIpc) is 3.17. The van der Waals surface area contributed by atoms with Crippen molar-refractivity contribution in [3.63, 3.8) is 0 Å². The molecule has 1 saturated heterocycles. The van der Waals surface area contributed by atoms with Crippen molar-refractivity contribution in [1.82, 2.24) is 9.78 Å². The largest absolute Gasteiger partial charge is 0.384 e. The van der Waals surface area contributed by atoms with Gasteiger partial charge in [0.15, 0.2) is 0 Å². The molecule has 4 nitrogen and oxygen atoms in total. The zero-order valence-electron chi connectivity index (χ0n) is 11.5. The number of benzene rings is 1. The Morgan fingerprint density at radius 1 is 1.25 bits per heavy atom. The summed E-state index contributed by atoms with van der Waals surface area (Å²) in [4.78, 5) is 0. The predicted molar refractivity (Wildman–Crippen MR) is 78.7 cm³/mol. The van der Waals surface area contributed by atoms with Crippen LogP contribution in [-0.2, 0) is 11.2 Å². The zero-order chi connectivity index (χ0) is 13.4. The summed E-state index contributed by atoms with van der Waals surface area (Å²) in [5.41, 5.74) is 4.95. The van der Waals surface area contributed by atoms with E-state index in [1.807, 2.05) is 10.9 Å². The Morgan fingerprint density at radius 3 is 3.15 bits per heavy atom. The van der Waals surface area contributed by atoms with Gasteiger partial charge in [-0.2, -0.15) is 5.10 Å². The molecule has 1 unspecified atom stereocenters. The fourth-order valence-electron chi connectivity index (χ4n) is 3.16. The topological polar surface area (TPSA) is 39.1 Å². The molecule has 4 heteroatoms. The molecule has 1 aromatic heterocycles. The first-order valence-electron chi connectivity index (χ1n) is 7.45. The third kappa shape index (κ3) is 2.00. The summed E-state index contributed by atoms with van der Waals surface area (Å²) in [6.45, 7) is 1.88. The van der Waals surface area contributed by atoms with E-state index in [1.54, 1.807) is 0 Å². The van der Waals surface area contributed by atoms with Gasteiger partial charge in [-0.3, -0.25) is 0 Å². The van der Waals surface area contributed by atoms with E-state index in [-0.39, 0.29) is 6.23 Å². The van der Waals surface area contributed by atoms with Crippen LogP contribution < -0.4 is 5.32 Å². The van der Waals surface area contributed by atoms with E-state index in [2.05, 4.69) is 29.6 Å². The Hall–Kier alpha value is -1.81. The molecule has 0 amide bonds. The highest BCUT2D eigenvalue weighted by Gasteiger charge is 2.19. The molecular formula is C16H19N3O. The number of ether oxygens (including phenoxy) is 1. The maximum atomic E-state index is 5.79. The number of fused-ring (bicyclic) bond motifs is 1. The molecule has 1 fully saturated rings. The van der Waals surface area contributed by atoms with Gasteiger partial charge in [0.25, 0.3) is 0 Å². The van der Waals surface area contributed by atoms with Crippen molar-refractivity contribution in [2.75, 3.05) is 18.5 Å². The molecule has 2 aliphatic rings. The molecule has 3 heterocycles. The first-order chi connectivity index (χ1) is 9.92. The zero-order valence-corrected chi connectivity index (χ0v) is 11.5. The summed E-state index contributed by atoms with van der Waals surface area (Å²) in [7, 11) is 0. The van der Waals surface area contributed by atoms with Crippen molar-refractivity contribution in [2.24, 2.45) is 0 Å². The highest BCUT2D eigenvalue weighted by Crippen LogP contribution is 2.32. The van der Waals surface area contributed by atoms with E-state index in [0.29, 0.717) is 0 Å². The molecule has 4 rings (SSSR count). The standard InChI is InChI=1S/C16H19N3O/c1-2-11-20-16(6-1)19-10-8-15(18-19)12-4-3-5-14-13(12)7-9-17-14/h3-5,8,10,16-17H,1-2,6-7,9,11H2. The number of nitrogens with one attached hydrogen (secondary N) is 1. The first-order valence-corrected chi connectivity index (χ1v) is 7.45. The van der Waals surface area contributed by atoms with Gasteiger partial charge in [0.05, 0.1) is 5.69 Å². The lowest BCUT2D eigenvalue weighted by Gasteiger charge is -2.22. The smallest absolute Gasteiger partial charge is 0.150 e. The van der Waals surface area contributed by atoms with Gasteiger partial charge in [0, 0.05) is 30.6 Å². The van der Waals surface area contributed by atoms with Crippen LogP contribution >= 0.6 is 0 Å². The number of nitrogens with zero attached hydrogens (tertiary/aromatic N) is 2. The van der Waals surface area contributed by atoms with E-state index in [1.165, 1.54) is 29.7 Å². The molecule has 2 aliphatic heterocycles. The van der Waals surface area contributed by atoms with Gasteiger partial charge >= 0.3 is 0 Å². The number of rotatable bonds is 2. The molecule has 0 radical (unpaired) electrons. The van der Waals surface area contributed by atoms with Crippen LogP contribution in [0.1, 0.15) is 31.1 Å². The molecule has 0 bridgehead atoms. The van der Waals surface area contributed by atoms with Crippen molar-refractivity contribution in [2.45, 2.75) is 31.9 Å². The molecule has 104 valence electrons. The number of anilines is 1. The molecule has 2 aromatic rings. The van der Waals surface area contributed by atoms with E-state index < -0.39 is 0 Å². The Kier molecular flexibility index (Phi) is 2.96. The Labute approximate surface area is 118 Å². The molecule has 20 heavy (non-hydrogen) atoms. The van der Waals surface area contributed by atoms with Crippen LogP contribution in [0.4, 0.5) is 5.69 Å². The molecule has 0 spiro atoms. The number of hydrogen-bond acceptors (Lipinski definition) is 3. The molecule has 1 aromatic carbocycles. The summed E-state index contributed by atoms with van der Waals surface area (Å²) >= 11 is 0. The van der Waals surface area contributed by atoms with E-state index in [0.717, 1.165) is 31.7 Å². The fourth-order valence-corrected chi connectivity index (χ4v) is 3.16. The third-order valence-corrected chi connectivity index (χ3v) is 4.20. The van der Waals surface area contributed by atoms with E-state index in [4.69, 9.17) is 9.84 Å². The van der Waals surface area contributed by atoms with Gasteiger partial charge in [0.1, 0.15) is 6.23 Å². The highest BCUT2D eigenvalue weighted by molar-refractivity contribution is 5.73. The lowest BCUT2D eigenvalue weighted by atomic mass is 10.0. The van der Waals surface area contributed by atoms with Gasteiger partial charge in [-0.15, -0.1) is 0 Å². The normalized spacial score (nSPS) is 21.5. The second-order valence-electron chi connectivity index (χ2n) is 5.51. The van der Waals surface area contributed by atoms with Crippen LogP contribution in [0.3, 0.4) is 0 Å². The lowest BCUT2D eigenvalue weighted by Crippen LogP contribution is -2.18. The van der Waals surface area contributed by atoms with E-state index in [9.17, 15) is 0 Å². The van der Waals surface area contributed by atoms with Crippen molar-refractivity contribution < 1.29 is 4.74 Å². The van der Waals surface area contributed by atoms with Gasteiger partial charge < -0.3 is 10.1 Å². The third-order valence-electron chi connectivity index (χ3n) is 4.20. The average molecular weight is 269 g/mol. The second kappa shape index (κ2) is 4.94. The Bertz CT molecular complexity index is 614. The number of aromatic nitrogens is 2. The van der Waals surface area contributed by atoms with Crippen molar-refractivity contribution in [1.29, 1.82) is 0 Å². The molecular weight excluding hydrogens is 250 g/mol. The van der Waals surface area contributed by atoms with Gasteiger partial charge in [-0.25, -0.2) is 4.68 Å². The lowest BCUT2D eigenvalue weighted by molar-refractivity contribution is -0.0393. The predicted octanol–water partition coefficient (Wildman–Crippen LogP) is 3.22. The summed E-state index contributed by atoms with van der Waals surface area (Å²) in [5, 5.41) is 8.17. The summed E-state index contributed by atoms with van der Waals surface area (Å²) in [5.74, 6) is 0. The molecule has 1 N–H and O–H groups in total. The van der Waals surface area contributed by atoms with Crippen LogP contribution in [0.15, 0.2) is 30.5 Å². The van der Waals surface area contributed by atoms with Gasteiger partial charge in [-0.05, 0) is 43.4 Å². The van der Waals surface area contributed by atoms with Crippen molar-refractivity contribution >= 4 is 5.69 Å². The maximum Gasteiger partial charge on any atom is 0.150 e. The molecule has 0 aliphatic carbocycles. The first kappa shape index (κ1) is 12.0. The van der Waals surface area contributed by atoms with Crippen LogP contribution in [0.2, 0.25) is 0 Å². The minimum atomic E-state index is 0.118. The SMILES string of the molecule is c1cc2c(c(-c3ccn(C4CCCCO4)n3)c1)CCN2. The Balaban J connectivity index is 1.66. The molecule has 1 atom stereocenters. The quantitative estimate of drug-likeness (QED) is 0.910. The van der Waals surface area contributed by atoms with Gasteiger partial charge in [0.2, 0.25) is 0 Å². The van der Waals surface area contributed by atoms with E-state index >= 15 is 0 Å². The molecule has 0 saturated carbocycles. The number of hydrogen-bond donors (Lipinski definition) is 1.